The van der Waals surface area contributed by atoms with E-state index in [1.54, 1.807) is 11.3 Å². The van der Waals surface area contributed by atoms with Crippen LogP contribution in [0.1, 0.15) is 18.9 Å². The number of thiophene rings is 1. The lowest BCUT2D eigenvalue weighted by atomic mass is 10.2. The predicted octanol–water partition coefficient (Wildman–Crippen LogP) is 3.27. The molecule has 15 heavy (non-hydrogen) atoms. The molecule has 3 nitrogen and oxygen atoms in total. The van der Waals surface area contributed by atoms with Crippen LogP contribution in [0.15, 0.2) is 17.5 Å². The van der Waals surface area contributed by atoms with E-state index in [0.717, 1.165) is 24.5 Å². The summed E-state index contributed by atoms with van der Waals surface area (Å²) in [6.07, 6.45) is 1.11. The first-order chi connectivity index (χ1) is 7.33. The molecule has 0 saturated heterocycles. The molecule has 0 unspecified atom stereocenters. The van der Waals surface area contributed by atoms with Crippen molar-refractivity contribution >= 4 is 17.2 Å². The van der Waals surface area contributed by atoms with E-state index in [0.29, 0.717) is 0 Å². The van der Waals surface area contributed by atoms with E-state index in [2.05, 4.69) is 46.9 Å². The van der Waals surface area contributed by atoms with E-state index in [1.165, 1.54) is 10.4 Å². The van der Waals surface area contributed by atoms with E-state index >= 15 is 0 Å². The summed E-state index contributed by atoms with van der Waals surface area (Å²) < 4.78 is 0. The van der Waals surface area contributed by atoms with Crippen LogP contribution in [0.5, 0.6) is 0 Å². The lowest BCUT2D eigenvalue weighted by Crippen LogP contribution is -2.00. The second-order valence-electron chi connectivity index (χ2n) is 3.48. The minimum atomic E-state index is 0.968. The molecular weight excluding hydrogens is 206 g/mol. The number of nitrogens with zero attached hydrogens (tertiary/aromatic N) is 1. The molecule has 2 N–H and O–H groups in total. The van der Waals surface area contributed by atoms with E-state index in [4.69, 9.17) is 0 Å². The van der Waals surface area contributed by atoms with E-state index in [-0.39, 0.29) is 0 Å². The van der Waals surface area contributed by atoms with Gasteiger partial charge in [0, 0.05) is 12.1 Å². The number of rotatable bonds is 4. The van der Waals surface area contributed by atoms with Gasteiger partial charge >= 0.3 is 0 Å². The summed E-state index contributed by atoms with van der Waals surface area (Å²) in [5.74, 6) is 0.972. The highest BCUT2D eigenvalue weighted by Crippen LogP contribution is 2.29. The molecule has 0 bridgehead atoms. The van der Waals surface area contributed by atoms with Crippen LogP contribution in [-0.2, 0) is 0 Å². The molecular formula is C11H15N3S. The average Bonchev–Trinajstić information content (AvgIpc) is 2.84. The molecule has 2 rings (SSSR count). The Morgan fingerprint density at radius 1 is 1.53 bits per heavy atom. The van der Waals surface area contributed by atoms with Crippen molar-refractivity contribution in [3.8, 4) is 10.6 Å². The zero-order valence-corrected chi connectivity index (χ0v) is 9.82. The first kappa shape index (κ1) is 10.2. The second-order valence-corrected chi connectivity index (χ2v) is 4.42. The van der Waals surface area contributed by atoms with Gasteiger partial charge in [-0.2, -0.15) is 5.10 Å². The first-order valence-electron chi connectivity index (χ1n) is 5.15. The van der Waals surface area contributed by atoms with Crippen LogP contribution >= 0.6 is 11.3 Å². The molecule has 0 saturated carbocycles. The van der Waals surface area contributed by atoms with Crippen molar-refractivity contribution in [3.05, 3.63) is 23.1 Å². The van der Waals surface area contributed by atoms with Crippen LogP contribution in [0.2, 0.25) is 0 Å². The van der Waals surface area contributed by atoms with Crippen LogP contribution in [-0.4, -0.2) is 16.7 Å². The van der Waals surface area contributed by atoms with Crippen LogP contribution in [0.25, 0.3) is 10.6 Å². The maximum Gasteiger partial charge on any atom is 0.151 e. The molecule has 0 fully saturated rings. The van der Waals surface area contributed by atoms with Gasteiger partial charge in [-0.3, -0.25) is 5.10 Å². The van der Waals surface area contributed by atoms with Crippen molar-refractivity contribution in [2.45, 2.75) is 20.3 Å². The lowest BCUT2D eigenvalue weighted by Gasteiger charge is -2.01. The Balaban J connectivity index is 2.24. The molecule has 0 aliphatic carbocycles. The second kappa shape index (κ2) is 4.49. The molecule has 4 heteroatoms. The Labute approximate surface area is 93.5 Å². The monoisotopic (exact) mass is 221 g/mol. The van der Waals surface area contributed by atoms with Gasteiger partial charge in [-0.25, -0.2) is 0 Å². The number of anilines is 1. The number of nitrogens with one attached hydrogen (secondary N) is 2. The van der Waals surface area contributed by atoms with Crippen molar-refractivity contribution in [1.29, 1.82) is 0 Å². The van der Waals surface area contributed by atoms with Gasteiger partial charge in [-0.1, -0.05) is 13.0 Å². The highest BCUT2D eigenvalue weighted by Gasteiger charge is 2.10. The molecule has 0 spiro atoms. The van der Waals surface area contributed by atoms with Gasteiger partial charge in [0.05, 0.1) is 10.6 Å². The molecule has 0 aromatic carbocycles. The van der Waals surface area contributed by atoms with Gasteiger partial charge in [-0.15, -0.1) is 11.3 Å². The summed E-state index contributed by atoms with van der Waals surface area (Å²) >= 11 is 1.73. The molecule has 2 heterocycles. The average molecular weight is 221 g/mol. The van der Waals surface area contributed by atoms with E-state index in [9.17, 15) is 0 Å². The SMILES string of the molecule is CCCNc1n[nH]c(-c2cccs2)c1C. The third kappa shape index (κ3) is 2.04. The highest BCUT2D eigenvalue weighted by molar-refractivity contribution is 7.13. The molecule has 0 amide bonds. The van der Waals surface area contributed by atoms with Gasteiger partial charge in [0.15, 0.2) is 5.82 Å². The molecule has 0 aliphatic rings. The zero-order chi connectivity index (χ0) is 10.7. The topological polar surface area (TPSA) is 40.7 Å². The van der Waals surface area contributed by atoms with Crippen molar-refractivity contribution in [2.75, 3.05) is 11.9 Å². The molecule has 80 valence electrons. The molecule has 0 radical (unpaired) electrons. The van der Waals surface area contributed by atoms with Crippen LogP contribution < -0.4 is 5.32 Å². The summed E-state index contributed by atoms with van der Waals surface area (Å²) in [4.78, 5) is 1.24. The Hall–Kier alpha value is -1.29. The molecule has 0 atom stereocenters. The molecule has 2 aromatic rings. The fourth-order valence-electron chi connectivity index (χ4n) is 1.47. The number of H-pyrrole nitrogens is 1. The quantitative estimate of drug-likeness (QED) is 0.832. The summed E-state index contributed by atoms with van der Waals surface area (Å²) in [5, 5.41) is 12.7. The Bertz CT molecular complexity index is 417. The van der Waals surface area contributed by atoms with Crippen molar-refractivity contribution in [3.63, 3.8) is 0 Å². The van der Waals surface area contributed by atoms with E-state index < -0.39 is 0 Å². The van der Waals surface area contributed by atoms with Crippen LogP contribution in [0.3, 0.4) is 0 Å². The standard InChI is InChI=1S/C11H15N3S/c1-3-6-12-11-8(2)10(13-14-11)9-5-4-7-15-9/h4-5,7H,3,6H2,1-2H3,(H2,12,13,14). The maximum absolute atomic E-state index is 4.28. The third-order valence-electron chi connectivity index (χ3n) is 2.32. The number of hydrogen-bond acceptors (Lipinski definition) is 3. The Kier molecular flexibility index (Phi) is 3.06. The highest BCUT2D eigenvalue weighted by atomic mass is 32.1. The van der Waals surface area contributed by atoms with Gasteiger partial charge in [0.2, 0.25) is 0 Å². The first-order valence-corrected chi connectivity index (χ1v) is 6.03. The van der Waals surface area contributed by atoms with Gasteiger partial charge in [-0.05, 0) is 24.8 Å². The summed E-state index contributed by atoms with van der Waals surface area (Å²) in [5.41, 5.74) is 2.33. The van der Waals surface area contributed by atoms with Crippen LogP contribution in [0, 0.1) is 6.92 Å². The minimum absolute atomic E-state index is 0.968. The maximum atomic E-state index is 4.28. The Morgan fingerprint density at radius 2 is 2.40 bits per heavy atom. The summed E-state index contributed by atoms with van der Waals surface area (Å²) in [6, 6.07) is 4.16. The molecule has 2 aromatic heterocycles. The van der Waals surface area contributed by atoms with Gasteiger partial charge in [0.1, 0.15) is 0 Å². The largest absolute Gasteiger partial charge is 0.368 e. The lowest BCUT2D eigenvalue weighted by molar-refractivity contribution is 0.959. The van der Waals surface area contributed by atoms with Gasteiger partial charge in [0.25, 0.3) is 0 Å². The van der Waals surface area contributed by atoms with Crippen molar-refractivity contribution in [2.24, 2.45) is 0 Å². The molecule has 0 aliphatic heterocycles. The van der Waals surface area contributed by atoms with Crippen LogP contribution in [0.4, 0.5) is 5.82 Å². The summed E-state index contributed by atoms with van der Waals surface area (Å²) in [6.45, 7) is 5.21. The van der Waals surface area contributed by atoms with Gasteiger partial charge < -0.3 is 5.32 Å². The predicted molar refractivity (Wildman–Crippen MR) is 65.4 cm³/mol. The number of aromatic amines is 1. The fourth-order valence-corrected chi connectivity index (χ4v) is 2.25. The normalized spacial score (nSPS) is 10.5. The third-order valence-corrected chi connectivity index (χ3v) is 3.21. The smallest absolute Gasteiger partial charge is 0.151 e. The van der Waals surface area contributed by atoms with E-state index in [1.807, 2.05) is 0 Å². The fraction of sp³-hybridized carbons (Fsp3) is 0.364. The van der Waals surface area contributed by atoms with Crippen molar-refractivity contribution < 1.29 is 0 Å². The number of aromatic nitrogens is 2. The number of hydrogen-bond donors (Lipinski definition) is 2. The minimum Gasteiger partial charge on any atom is -0.368 e. The Morgan fingerprint density at radius 3 is 3.07 bits per heavy atom. The zero-order valence-electron chi connectivity index (χ0n) is 9.00. The van der Waals surface area contributed by atoms with Crippen molar-refractivity contribution in [1.82, 2.24) is 10.2 Å². The summed E-state index contributed by atoms with van der Waals surface area (Å²) in [7, 11) is 0.